The Morgan fingerprint density at radius 1 is 1.30 bits per heavy atom. The zero-order valence-electron chi connectivity index (χ0n) is 13.1. The molecule has 2 rings (SSSR count). The lowest BCUT2D eigenvalue weighted by Gasteiger charge is -2.22. The maximum atomic E-state index is 5.22. The van der Waals surface area contributed by atoms with Crippen LogP contribution >= 0.6 is 0 Å². The summed E-state index contributed by atoms with van der Waals surface area (Å²) in [6, 6.07) is 10.3. The van der Waals surface area contributed by atoms with Crippen molar-refractivity contribution in [2.24, 2.45) is 0 Å². The summed E-state index contributed by atoms with van der Waals surface area (Å²) in [6.45, 7) is 8.23. The fourth-order valence-corrected chi connectivity index (χ4v) is 2.43. The summed E-state index contributed by atoms with van der Waals surface area (Å²) in [5.41, 5.74) is 2.79. The van der Waals surface area contributed by atoms with Crippen molar-refractivity contribution in [3.63, 3.8) is 0 Å². The molecule has 1 aliphatic carbocycles. The van der Waals surface area contributed by atoms with Crippen molar-refractivity contribution < 1.29 is 4.74 Å². The van der Waals surface area contributed by atoms with Crippen LogP contribution in [0.3, 0.4) is 0 Å². The normalized spacial score (nSPS) is 15.2. The molecular weight excluding hydrogens is 248 g/mol. The van der Waals surface area contributed by atoms with Gasteiger partial charge in [-0.1, -0.05) is 38.1 Å². The third-order valence-electron chi connectivity index (χ3n) is 3.74. The highest BCUT2D eigenvalue weighted by atomic mass is 16.5. The molecule has 1 aromatic carbocycles. The van der Waals surface area contributed by atoms with Gasteiger partial charge in [-0.25, -0.2) is 0 Å². The summed E-state index contributed by atoms with van der Waals surface area (Å²) in [7, 11) is 1.78. The summed E-state index contributed by atoms with van der Waals surface area (Å²) in [6.07, 6.45) is 2.69. The highest BCUT2D eigenvalue weighted by molar-refractivity contribution is 5.23. The van der Waals surface area contributed by atoms with E-state index in [-0.39, 0.29) is 0 Å². The second-order valence-corrected chi connectivity index (χ2v) is 6.05. The van der Waals surface area contributed by atoms with Crippen molar-refractivity contribution in [1.29, 1.82) is 0 Å². The molecule has 1 aromatic rings. The van der Waals surface area contributed by atoms with E-state index in [4.69, 9.17) is 4.74 Å². The van der Waals surface area contributed by atoms with E-state index in [9.17, 15) is 0 Å². The van der Waals surface area contributed by atoms with Crippen LogP contribution in [-0.4, -0.2) is 37.2 Å². The number of rotatable bonds is 9. The molecule has 3 nitrogen and oxygen atoms in total. The van der Waals surface area contributed by atoms with Crippen molar-refractivity contribution in [3.8, 4) is 0 Å². The lowest BCUT2D eigenvalue weighted by Crippen LogP contribution is -2.29. The number of hydrogen-bond donors (Lipinski definition) is 1. The van der Waals surface area contributed by atoms with Crippen molar-refractivity contribution in [2.45, 2.75) is 51.9 Å². The SMILES string of the molecule is COCCN(Cc1cccc(CNC(C)C)c1)C1CC1. The maximum absolute atomic E-state index is 5.22. The van der Waals surface area contributed by atoms with Gasteiger partial charge >= 0.3 is 0 Å². The number of nitrogens with one attached hydrogen (secondary N) is 1. The number of methoxy groups -OCH3 is 1. The first-order chi connectivity index (χ1) is 9.69. The molecule has 1 fully saturated rings. The molecule has 0 aromatic heterocycles. The minimum Gasteiger partial charge on any atom is -0.383 e. The summed E-state index contributed by atoms with van der Waals surface area (Å²) in [4.78, 5) is 2.55. The van der Waals surface area contributed by atoms with E-state index in [0.717, 1.165) is 32.3 Å². The van der Waals surface area contributed by atoms with E-state index in [1.54, 1.807) is 7.11 Å². The van der Waals surface area contributed by atoms with E-state index in [2.05, 4.69) is 48.3 Å². The molecule has 0 bridgehead atoms. The Hall–Kier alpha value is -0.900. The van der Waals surface area contributed by atoms with E-state index in [1.807, 2.05) is 0 Å². The van der Waals surface area contributed by atoms with Gasteiger partial charge in [-0.3, -0.25) is 4.90 Å². The molecule has 0 amide bonds. The Labute approximate surface area is 123 Å². The monoisotopic (exact) mass is 276 g/mol. The van der Waals surface area contributed by atoms with Crippen LogP contribution in [0.5, 0.6) is 0 Å². The Morgan fingerprint density at radius 3 is 2.70 bits per heavy atom. The lowest BCUT2D eigenvalue weighted by atomic mass is 10.1. The van der Waals surface area contributed by atoms with Crippen LogP contribution in [0.1, 0.15) is 37.8 Å². The standard InChI is InChI=1S/C17H28N2O/c1-14(2)18-12-15-5-4-6-16(11-15)13-19(9-10-20-3)17-7-8-17/h4-6,11,14,17-18H,7-10,12-13H2,1-3H3. The summed E-state index contributed by atoms with van der Waals surface area (Å²) < 4.78 is 5.22. The molecule has 20 heavy (non-hydrogen) atoms. The van der Waals surface area contributed by atoms with Crippen LogP contribution in [-0.2, 0) is 17.8 Å². The molecular formula is C17H28N2O. The predicted molar refractivity (Wildman–Crippen MR) is 83.7 cm³/mol. The molecule has 1 aliphatic rings. The molecule has 1 saturated carbocycles. The molecule has 0 unspecified atom stereocenters. The Balaban J connectivity index is 1.91. The first kappa shape index (κ1) is 15.5. The largest absolute Gasteiger partial charge is 0.383 e. The summed E-state index contributed by atoms with van der Waals surface area (Å²) >= 11 is 0. The summed E-state index contributed by atoms with van der Waals surface area (Å²) in [5.74, 6) is 0. The van der Waals surface area contributed by atoms with Crippen molar-refractivity contribution >= 4 is 0 Å². The number of benzene rings is 1. The average molecular weight is 276 g/mol. The fourth-order valence-electron chi connectivity index (χ4n) is 2.43. The number of ether oxygens (including phenoxy) is 1. The minimum atomic E-state index is 0.531. The maximum Gasteiger partial charge on any atom is 0.0589 e. The van der Waals surface area contributed by atoms with E-state index in [0.29, 0.717) is 6.04 Å². The molecule has 0 aliphatic heterocycles. The number of nitrogens with zero attached hydrogens (tertiary/aromatic N) is 1. The van der Waals surface area contributed by atoms with Gasteiger partial charge in [0.15, 0.2) is 0 Å². The van der Waals surface area contributed by atoms with Crippen LogP contribution in [0.25, 0.3) is 0 Å². The van der Waals surface area contributed by atoms with Crippen molar-refractivity contribution in [3.05, 3.63) is 35.4 Å². The predicted octanol–water partition coefficient (Wildman–Crippen LogP) is 2.80. The molecule has 0 radical (unpaired) electrons. The van der Waals surface area contributed by atoms with Gasteiger partial charge in [0.2, 0.25) is 0 Å². The zero-order chi connectivity index (χ0) is 14.4. The first-order valence-electron chi connectivity index (χ1n) is 7.73. The Morgan fingerprint density at radius 2 is 2.05 bits per heavy atom. The highest BCUT2D eigenvalue weighted by Crippen LogP contribution is 2.28. The van der Waals surface area contributed by atoms with Gasteiger partial charge in [-0.2, -0.15) is 0 Å². The second kappa shape index (κ2) is 7.77. The molecule has 0 spiro atoms. The quantitative estimate of drug-likeness (QED) is 0.750. The molecule has 1 N–H and O–H groups in total. The van der Waals surface area contributed by atoms with E-state index < -0.39 is 0 Å². The van der Waals surface area contributed by atoms with E-state index >= 15 is 0 Å². The highest BCUT2D eigenvalue weighted by Gasteiger charge is 2.28. The van der Waals surface area contributed by atoms with Crippen LogP contribution < -0.4 is 5.32 Å². The Bertz CT molecular complexity index is 402. The van der Waals surface area contributed by atoms with Crippen molar-refractivity contribution in [2.75, 3.05) is 20.3 Å². The van der Waals surface area contributed by atoms with Gasteiger partial charge in [0.1, 0.15) is 0 Å². The third kappa shape index (κ3) is 5.23. The molecule has 0 heterocycles. The van der Waals surface area contributed by atoms with Gasteiger partial charge in [0.25, 0.3) is 0 Å². The first-order valence-corrected chi connectivity index (χ1v) is 7.73. The minimum absolute atomic E-state index is 0.531. The van der Waals surface area contributed by atoms with Crippen LogP contribution in [0.4, 0.5) is 0 Å². The van der Waals surface area contributed by atoms with Crippen LogP contribution in [0, 0.1) is 0 Å². The van der Waals surface area contributed by atoms with Crippen molar-refractivity contribution in [1.82, 2.24) is 10.2 Å². The van der Waals surface area contributed by atoms with Gasteiger partial charge in [-0.15, -0.1) is 0 Å². The average Bonchev–Trinajstić information content (AvgIpc) is 3.26. The molecule has 3 heteroatoms. The molecule has 112 valence electrons. The van der Waals surface area contributed by atoms with Gasteiger partial charge in [0, 0.05) is 38.8 Å². The van der Waals surface area contributed by atoms with Gasteiger partial charge in [0.05, 0.1) is 6.61 Å². The molecule has 0 atom stereocenters. The third-order valence-corrected chi connectivity index (χ3v) is 3.74. The zero-order valence-corrected chi connectivity index (χ0v) is 13.1. The van der Waals surface area contributed by atoms with Gasteiger partial charge < -0.3 is 10.1 Å². The summed E-state index contributed by atoms with van der Waals surface area (Å²) in [5, 5.41) is 3.48. The lowest BCUT2D eigenvalue weighted by molar-refractivity contribution is 0.139. The van der Waals surface area contributed by atoms with Crippen LogP contribution in [0.2, 0.25) is 0 Å². The second-order valence-electron chi connectivity index (χ2n) is 6.05. The van der Waals surface area contributed by atoms with Crippen LogP contribution in [0.15, 0.2) is 24.3 Å². The number of hydrogen-bond acceptors (Lipinski definition) is 3. The smallest absolute Gasteiger partial charge is 0.0589 e. The topological polar surface area (TPSA) is 24.5 Å². The van der Waals surface area contributed by atoms with Gasteiger partial charge in [-0.05, 0) is 24.0 Å². The van der Waals surface area contributed by atoms with E-state index in [1.165, 1.54) is 24.0 Å². The fraction of sp³-hybridized carbons (Fsp3) is 0.647. The molecule has 0 saturated heterocycles. The Kier molecular flexibility index (Phi) is 6.02.